The van der Waals surface area contributed by atoms with Crippen molar-refractivity contribution in [3.63, 3.8) is 0 Å². The van der Waals surface area contributed by atoms with E-state index in [1.54, 1.807) is 18.7 Å². The number of allylic oxidation sites excluding steroid dienone is 1. The summed E-state index contributed by atoms with van der Waals surface area (Å²) in [6.07, 6.45) is -1.70. The fourth-order valence-corrected chi connectivity index (χ4v) is 2.26. The Morgan fingerprint density at radius 2 is 1.93 bits per heavy atom. The molecule has 150 valence electrons. The maximum atomic E-state index is 13.8. The minimum absolute atomic E-state index is 0.185. The highest BCUT2D eigenvalue weighted by Gasteiger charge is 2.32. The number of rotatable bonds is 8. The minimum Gasteiger partial charge on any atom is -0.403 e. The van der Waals surface area contributed by atoms with E-state index < -0.39 is 17.9 Å². The first-order chi connectivity index (χ1) is 12.6. The number of halogens is 4. The number of carbonyl (C=O) groups excluding carboxylic acids is 1. The normalized spacial score (nSPS) is 12.9. The number of ether oxygens (including phenoxy) is 1. The lowest BCUT2D eigenvalue weighted by molar-refractivity contribution is -0.275. The molecule has 1 aromatic rings. The predicted octanol–water partition coefficient (Wildman–Crippen LogP) is 5.19. The van der Waals surface area contributed by atoms with Crippen molar-refractivity contribution >= 4 is 17.2 Å². The Labute approximate surface area is 156 Å². The quantitative estimate of drug-likeness (QED) is 0.454. The predicted molar refractivity (Wildman–Crippen MR) is 97.0 cm³/mol. The van der Waals surface area contributed by atoms with Gasteiger partial charge in [0, 0.05) is 19.3 Å². The molecule has 0 fully saturated rings. The standard InChI is InChI=1S/C19H24F4N2O2/c1-5-7-10-25(6-2)18(26)14(4)24-12-13(3)15-8-9-17(16(20)11-15)27-19(21,22)23/h8-9,11-12H,5-7,10H2,1-4H3/b13-12+,24-14?. The second-order valence-electron chi connectivity index (χ2n) is 5.96. The maximum absolute atomic E-state index is 13.8. The van der Waals surface area contributed by atoms with Gasteiger partial charge in [-0.05, 0) is 50.5 Å². The van der Waals surface area contributed by atoms with Gasteiger partial charge in [0.2, 0.25) is 0 Å². The van der Waals surface area contributed by atoms with E-state index in [-0.39, 0.29) is 11.6 Å². The fraction of sp³-hybridized carbons (Fsp3) is 0.474. The number of hydrogen-bond donors (Lipinski definition) is 0. The number of aliphatic imine (C=N–C) groups is 1. The van der Waals surface area contributed by atoms with Gasteiger partial charge in [-0.15, -0.1) is 13.2 Å². The molecule has 4 nitrogen and oxygen atoms in total. The van der Waals surface area contributed by atoms with Crippen LogP contribution < -0.4 is 4.74 Å². The Hall–Kier alpha value is -2.38. The van der Waals surface area contributed by atoms with E-state index in [0.717, 1.165) is 25.0 Å². The van der Waals surface area contributed by atoms with Gasteiger partial charge in [-0.2, -0.15) is 0 Å². The van der Waals surface area contributed by atoms with Gasteiger partial charge in [-0.25, -0.2) is 4.39 Å². The Balaban J connectivity index is 2.93. The van der Waals surface area contributed by atoms with E-state index in [0.29, 0.717) is 24.2 Å². The third-order valence-corrected chi connectivity index (χ3v) is 3.82. The summed E-state index contributed by atoms with van der Waals surface area (Å²) in [6, 6.07) is 3.13. The van der Waals surface area contributed by atoms with Crippen molar-refractivity contribution in [3.8, 4) is 5.75 Å². The molecule has 0 aromatic heterocycles. The molecule has 0 saturated carbocycles. The molecule has 0 bridgehead atoms. The van der Waals surface area contributed by atoms with E-state index >= 15 is 0 Å². The second kappa shape index (κ2) is 10.1. The SMILES string of the molecule is CCCCN(CC)C(=O)C(C)=N/C=C(\C)c1ccc(OC(F)(F)F)c(F)c1. The highest BCUT2D eigenvalue weighted by Crippen LogP contribution is 2.27. The average Bonchev–Trinajstić information content (AvgIpc) is 2.60. The number of hydrogen-bond acceptors (Lipinski definition) is 3. The van der Waals surface area contributed by atoms with Crippen LogP contribution in [0.4, 0.5) is 17.6 Å². The molecule has 27 heavy (non-hydrogen) atoms. The molecule has 0 atom stereocenters. The molecule has 0 aliphatic rings. The summed E-state index contributed by atoms with van der Waals surface area (Å²) in [5, 5.41) is 0. The number of amides is 1. The van der Waals surface area contributed by atoms with Gasteiger partial charge < -0.3 is 9.64 Å². The third-order valence-electron chi connectivity index (χ3n) is 3.82. The highest BCUT2D eigenvalue weighted by molar-refractivity contribution is 6.38. The Morgan fingerprint density at radius 3 is 2.44 bits per heavy atom. The van der Waals surface area contributed by atoms with Gasteiger partial charge in [0.25, 0.3) is 5.91 Å². The second-order valence-corrected chi connectivity index (χ2v) is 5.96. The highest BCUT2D eigenvalue weighted by atomic mass is 19.4. The first kappa shape index (κ1) is 22.7. The molecular weight excluding hydrogens is 364 g/mol. The van der Waals surface area contributed by atoms with E-state index in [1.807, 2.05) is 13.8 Å². The molecule has 0 saturated heterocycles. The van der Waals surface area contributed by atoms with Crippen LogP contribution in [0.25, 0.3) is 5.57 Å². The van der Waals surface area contributed by atoms with Gasteiger partial charge in [0.05, 0.1) is 0 Å². The molecule has 0 N–H and O–H groups in total. The number of carbonyl (C=O) groups is 1. The number of nitrogens with zero attached hydrogens (tertiary/aromatic N) is 2. The zero-order valence-electron chi connectivity index (χ0n) is 15.9. The number of benzene rings is 1. The fourth-order valence-electron chi connectivity index (χ4n) is 2.26. The number of unbranched alkanes of at least 4 members (excludes halogenated alkanes) is 1. The van der Waals surface area contributed by atoms with Crippen LogP contribution in [0.2, 0.25) is 0 Å². The van der Waals surface area contributed by atoms with Crippen molar-refractivity contribution < 1.29 is 27.1 Å². The topological polar surface area (TPSA) is 41.9 Å². The Kier molecular flexibility index (Phi) is 8.46. The van der Waals surface area contributed by atoms with E-state index in [2.05, 4.69) is 9.73 Å². The van der Waals surface area contributed by atoms with Crippen LogP contribution >= 0.6 is 0 Å². The van der Waals surface area contributed by atoms with Crippen molar-refractivity contribution in [2.45, 2.75) is 46.9 Å². The molecule has 0 heterocycles. The molecule has 1 rings (SSSR count). The first-order valence-electron chi connectivity index (χ1n) is 8.65. The molecule has 0 aliphatic carbocycles. The summed E-state index contributed by atoms with van der Waals surface area (Å²) in [4.78, 5) is 18.2. The molecular formula is C19H24F4N2O2. The summed E-state index contributed by atoms with van der Waals surface area (Å²) in [5.41, 5.74) is 1.12. The van der Waals surface area contributed by atoms with Gasteiger partial charge in [0.1, 0.15) is 5.71 Å². The van der Waals surface area contributed by atoms with Crippen molar-refractivity contribution in [2.75, 3.05) is 13.1 Å². The monoisotopic (exact) mass is 388 g/mol. The van der Waals surface area contributed by atoms with Gasteiger partial charge >= 0.3 is 6.36 Å². The lowest BCUT2D eigenvalue weighted by Gasteiger charge is -2.20. The molecule has 1 amide bonds. The van der Waals surface area contributed by atoms with Crippen LogP contribution in [-0.2, 0) is 4.79 Å². The Bertz CT molecular complexity index is 712. The zero-order chi connectivity index (χ0) is 20.6. The minimum atomic E-state index is -4.96. The summed E-state index contributed by atoms with van der Waals surface area (Å²) in [5.74, 6) is -2.22. The van der Waals surface area contributed by atoms with Crippen LogP contribution in [0.3, 0.4) is 0 Å². The molecule has 8 heteroatoms. The molecule has 1 aromatic carbocycles. The van der Waals surface area contributed by atoms with Crippen LogP contribution in [0.15, 0.2) is 29.4 Å². The van der Waals surface area contributed by atoms with Crippen molar-refractivity contribution in [1.29, 1.82) is 0 Å². The van der Waals surface area contributed by atoms with Crippen LogP contribution in [0.5, 0.6) is 5.75 Å². The largest absolute Gasteiger partial charge is 0.573 e. The lowest BCUT2D eigenvalue weighted by atomic mass is 10.1. The summed E-state index contributed by atoms with van der Waals surface area (Å²) in [6.45, 7) is 8.34. The zero-order valence-corrected chi connectivity index (χ0v) is 15.9. The van der Waals surface area contributed by atoms with E-state index in [1.165, 1.54) is 12.3 Å². The average molecular weight is 388 g/mol. The molecule has 0 aliphatic heterocycles. The third kappa shape index (κ3) is 7.40. The van der Waals surface area contributed by atoms with Gasteiger partial charge in [-0.3, -0.25) is 9.79 Å². The smallest absolute Gasteiger partial charge is 0.403 e. The maximum Gasteiger partial charge on any atom is 0.573 e. The van der Waals surface area contributed by atoms with Gasteiger partial charge in [0.15, 0.2) is 11.6 Å². The summed E-state index contributed by atoms with van der Waals surface area (Å²) in [7, 11) is 0. The van der Waals surface area contributed by atoms with Crippen molar-refractivity contribution in [3.05, 3.63) is 35.8 Å². The molecule has 0 spiro atoms. The van der Waals surface area contributed by atoms with E-state index in [4.69, 9.17) is 0 Å². The van der Waals surface area contributed by atoms with Crippen LogP contribution in [0, 0.1) is 5.82 Å². The lowest BCUT2D eigenvalue weighted by Crippen LogP contribution is -2.36. The van der Waals surface area contributed by atoms with Gasteiger partial charge in [-0.1, -0.05) is 19.4 Å². The van der Waals surface area contributed by atoms with Crippen LogP contribution in [-0.4, -0.2) is 36.0 Å². The van der Waals surface area contributed by atoms with E-state index in [9.17, 15) is 22.4 Å². The summed E-state index contributed by atoms with van der Waals surface area (Å²) >= 11 is 0. The van der Waals surface area contributed by atoms with Crippen molar-refractivity contribution in [2.24, 2.45) is 4.99 Å². The number of alkyl halides is 3. The molecule has 0 radical (unpaired) electrons. The Morgan fingerprint density at radius 1 is 1.26 bits per heavy atom. The summed E-state index contributed by atoms with van der Waals surface area (Å²) < 4.78 is 53.9. The first-order valence-corrected chi connectivity index (χ1v) is 8.65. The van der Waals surface area contributed by atoms with Crippen LogP contribution in [0.1, 0.15) is 46.1 Å². The van der Waals surface area contributed by atoms with Crippen molar-refractivity contribution in [1.82, 2.24) is 4.90 Å². The molecule has 0 unspecified atom stereocenters.